The molecule has 0 saturated heterocycles. The molecule has 1 aromatic heterocycles. The molecule has 2 unspecified atom stereocenters. The van der Waals surface area contributed by atoms with E-state index in [1.54, 1.807) is 18.6 Å². The van der Waals surface area contributed by atoms with Crippen LogP contribution in [0.2, 0.25) is 10.0 Å². The second-order valence-corrected chi connectivity index (χ2v) is 10.3. The van der Waals surface area contributed by atoms with E-state index in [-0.39, 0.29) is 5.25 Å². The van der Waals surface area contributed by atoms with Gasteiger partial charge < -0.3 is 4.57 Å². The van der Waals surface area contributed by atoms with E-state index in [0.717, 1.165) is 18.4 Å². The summed E-state index contributed by atoms with van der Waals surface area (Å²) in [4.78, 5) is 4.10. The van der Waals surface area contributed by atoms with Crippen LogP contribution < -0.4 is 0 Å². The topological polar surface area (TPSA) is 34.9 Å². The van der Waals surface area contributed by atoms with Gasteiger partial charge in [-0.05, 0) is 24.1 Å². The summed E-state index contributed by atoms with van der Waals surface area (Å²) in [5.41, 5.74) is 0.898. The van der Waals surface area contributed by atoms with Crippen LogP contribution in [0.4, 0.5) is 0 Å². The number of hydrogen-bond acceptors (Lipinski definition) is 2. The van der Waals surface area contributed by atoms with Gasteiger partial charge in [0.05, 0.1) is 11.6 Å². The Hall–Kier alpha value is -0.840. The van der Waals surface area contributed by atoms with E-state index in [2.05, 4.69) is 11.9 Å². The smallest absolute Gasteiger partial charge is 0.0946 e. The Morgan fingerprint density at radius 3 is 2.24 bits per heavy atom. The molecule has 2 atom stereocenters. The number of unbranched alkanes of at least 4 members (excludes halogenated alkanes) is 9. The van der Waals surface area contributed by atoms with Gasteiger partial charge in [-0.1, -0.05) is 94.0 Å². The summed E-state index contributed by atoms with van der Waals surface area (Å²) >= 11 is 12.5. The van der Waals surface area contributed by atoms with Crippen LogP contribution in [0, 0.1) is 0 Å². The van der Waals surface area contributed by atoms with Crippen LogP contribution in [0.3, 0.4) is 0 Å². The molecule has 0 saturated carbocycles. The zero-order valence-electron chi connectivity index (χ0n) is 17.5. The summed E-state index contributed by atoms with van der Waals surface area (Å²) in [7, 11) is -0.999. The molecule has 0 aliphatic heterocycles. The molecule has 0 spiro atoms. The fourth-order valence-corrected chi connectivity index (χ4v) is 5.75. The summed E-state index contributed by atoms with van der Waals surface area (Å²) in [6, 6.07) is 5.46. The van der Waals surface area contributed by atoms with Crippen LogP contribution in [0.15, 0.2) is 36.9 Å². The first-order valence-electron chi connectivity index (χ1n) is 10.9. The molecular weight excluding hydrogens is 423 g/mol. The highest BCUT2D eigenvalue weighted by atomic mass is 35.5. The van der Waals surface area contributed by atoms with Crippen molar-refractivity contribution >= 4 is 34.0 Å². The second kappa shape index (κ2) is 14.2. The lowest BCUT2D eigenvalue weighted by Crippen LogP contribution is -2.16. The van der Waals surface area contributed by atoms with Gasteiger partial charge in [0.1, 0.15) is 0 Å². The predicted molar refractivity (Wildman–Crippen MR) is 126 cm³/mol. The minimum absolute atomic E-state index is 0.160. The molecule has 0 aliphatic rings. The summed E-state index contributed by atoms with van der Waals surface area (Å²) in [6.07, 6.45) is 18.2. The lowest BCUT2D eigenvalue weighted by atomic mass is 10.1. The Balaban J connectivity index is 1.79. The molecule has 6 heteroatoms. The Labute approximate surface area is 188 Å². The lowest BCUT2D eigenvalue weighted by Gasteiger charge is -2.19. The van der Waals surface area contributed by atoms with E-state index < -0.39 is 10.8 Å². The normalized spacial score (nSPS) is 13.5. The highest BCUT2D eigenvalue weighted by molar-refractivity contribution is 7.85. The fraction of sp³-hybridized carbons (Fsp3) is 0.609. The first-order valence-corrected chi connectivity index (χ1v) is 13.0. The number of imidazole rings is 1. The van der Waals surface area contributed by atoms with Gasteiger partial charge in [0, 0.05) is 45.5 Å². The molecule has 29 heavy (non-hydrogen) atoms. The Morgan fingerprint density at radius 2 is 1.66 bits per heavy atom. The summed E-state index contributed by atoms with van der Waals surface area (Å²) in [5, 5.41) is 1.02. The average molecular weight is 458 g/mol. The first-order chi connectivity index (χ1) is 14.1. The molecule has 0 bridgehead atoms. The molecule has 1 heterocycles. The SMILES string of the molecule is CCCCCCCCCCCCS(=O)C(Cn1ccnc1)c1ccc(Cl)cc1Cl. The molecule has 0 aliphatic carbocycles. The van der Waals surface area contributed by atoms with Crippen LogP contribution in [-0.4, -0.2) is 19.5 Å². The average Bonchev–Trinajstić information content (AvgIpc) is 3.21. The van der Waals surface area contributed by atoms with Crippen LogP contribution in [0.25, 0.3) is 0 Å². The predicted octanol–water partition coefficient (Wildman–Crippen LogP) is 7.60. The third kappa shape index (κ3) is 9.23. The van der Waals surface area contributed by atoms with Crippen molar-refractivity contribution in [3.8, 4) is 0 Å². The molecule has 2 rings (SSSR count). The minimum atomic E-state index is -0.999. The van der Waals surface area contributed by atoms with Crippen molar-refractivity contribution in [1.82, 2.24) is 9.55 Å². The molecule has 0 fully saturated rings. The standard InChI is InChI=1S/C23H34Cl2N2OS/c1-2-3-4-5-6-7-8-9-10-11-16-29(28)23(18-27-15-14-26-19-27)21-13-12-20(24)17-22(21)25/h12-15,17,19,23H,2-11,16,18H2,1H3. The van der Waals surface area contributed by atoms with E-state index in [9.17, 15) is 4.21 Å². The van der Waals surface area contributed by atoms with Crippen molar-refractivity contribution in [2.24, 2.45) is 0 Å². The van der Waals surface area contributed by atoms with Crippen molar-refractivity contribution in [3.05, 3.63) is 52.5 Å². The second-order valence-electron chi connectivity index (χ2n) is 7.68. The van der Waals surface area contributed by atoms with Crippen molar-refractivity contribution < 1.29 is 4.21 Å². The number of aromatic nitrogens is 2. The number of nitrogens with zero attached hydrogens (tertiary/aromatic N) is 2. The van der Waals surface area contributed by atoms with Crippen molar-refractivity contribution in [2.75, 3.05) is 5.75 Å². The maximum absolute atomic E-state index is 13.1. The zero-order valence-corrected chi connectivity index (χ0v) is 19.8. The van der Waals surface area contributed by atoms with Gasteiger partial charge in [-0.15, -0.1) is 0 Å². The fourth-order valence-electron chi connectivity index (χ4n) is 3.55. The minimum Gasteiger partial charge on any atom is -0.336 e. The maximum Gasteiger partial charge on any atom is 0.0946 e. The summed E-state index contributed by atoms with van der Waals surface area (Å²) in [6.45, 7) is 2.86. The molecule has 3 nitrogen and oxygen atoms in total. The van der Waals surface area contributed by atoms with Crippen LogP contribution >= 0.6 is 23.2 Å². The third-order valence-corrected chi connectivity index (χ3v) is 7.55. The number of halogens is 2. The highest BCUT2D eigenvalue weighted by Gasteiger charge is 2.22. The zero-order chi connectivity index (χ0) is 20.9. The van der Waals surface area contributed by atoms with Crippen LogP contribution in [-0.2, 0) is 17.3 Å². The van der Waals surface area contributed by atoms with Gasteiger partial charge in [0.25, 0.3) is 0 Å². The molecule has 0 N–H and O–H groups in total. The van der Waals surface area contributed by atoms with Gasteiger partial charge in [-0.25, -0.2) is 4.98 Å². The Bertz CT molecular complexity index is 722. The molecular formula is C23H34Cl2N2OS. The van der Waals surface area contributed by atoms with Crippen molar-refractivity contribution in [3.63, 3.8) is 0 Å². The molecule has 0 amide bonds. The Kier molecular flexibility index (Phi) is 12.0. The number of hydrogen-bond donors (Lipinski definition) is 0. The molecule has 2 aromatic rings. The third-order valence-electron chi connectivity index (χ3n) is 5.26. The van der Waals surface area contributed by atoms with E-state index in [0.29, 0.717) is 22.3 Å². The number of benzene rings is 1. The van der Waals surface area contributed by atoms with Gasteiger partial charge in [-0.3, -0.25) is 4.21 Å². The van der Waals surface area contributed by atoms with E-state index in [1.807, 2.05) is 22.9 Å². The number of rotatable bonds is 15. The van der Waals surface area contributed by atoms with Gasteiger partial charge in [-0.2, -0.15) is 0 Å². The molecule has 0 radical (unpaired) electrons. The first kappa shape index (κ1) is 24.4. The highest BCUT2D eigenvalue weighted by Crippen LogP contribution is 2.31. The molecule has 162 valence electrons. The summed E-state index contributed by atoms with van der Waals surface area (Å²) < 4.78 is 15.1. The van der Waals surface area contributed by atoms with Gasteiger partial charge >= 0.3 is 0 Å². The van der Waals surface area contributed by atoms with Crippen LogP contribution in [0.5, 0.6) is 0 Å². The summed E-state index contributed by atoms with van der Waals surface area (Å²) in [5.74, 6) is 0.703. The maximum atomic E-state index is 13.1. The van der Waals surface area contributed by atoms with E-state index in [1.165, 1.54) is 51.4 Å². The van der Waals surface area contributed by atoms with Crippen molar-refractivity contribution in [2.45, 2.75) is 82.9 Å². The van der Waals surface area contributed by atoms with Crippen molar-refractivity contribution in [1.29, 1.82) is 0 Å². The van der Waals surface area contributed by atoms with E-state index in [4.69, 9.17) is 23.2 Å². The Morgan fingerprint density at radius 1 is 1.00 bits per heavy atom. The van der Waals surface area contributed by atoms with E-state index >= 15 is 0 Å². The lowest BCUT2D eigenvalue weighted by molar-refractivity contribution is 0.561. The van der Waals surface area contributed by atoms with Gasteiger partial charge in [0.15, 0.2) is 0 Å². The quantitative estimate of drug-likeness (QED) is 0.258. The largest absolute Gasteiger partial charge is 0.336 e. The molecule has 1 aromatic carbocycles. The van der Waals surface area contributed by atoms with Crippen LogP contribution in [0.1, 0.15) is 81.9 Å². The van der Waals surface area contributed by atoms with Gasteiger partial charge in [0.2, 0.25) is 0 Å². The monoisotopic (exact) mass is 456 g/mol.